The van der Waals surface area contributed by atoms with Gasteiger partial charge in [-0.3, -0.25) is 4.79 Å². The average molecular weight is 403 g/mol. The Hall–Kier alpha value is -2.57. The maximum atomic E-state index is 12.0. The van der Waals surface area contributed by atoms with Crippen LogP contribution in [-0.4, -0.2) is 37.0 Å². The van der Waals surface area contributed by atoms with Gasteiger partial charge in [0.25, 0.3) is 5.91 Å². The second kappa shape index (κ2) is 12.2. The van der Waals surface area contributed by atoms with Crippen LogP contribution in [0.3, 0.4) is 0 Å². The molecule has 0 saturated carbocycles. The highest BCUT2D eigenvalue weighted by atomic mass is 16.1. The van der Waals surface area contributed by atoms with E-state index in [0.29, 0.717) is 5.56 Å². The Morgan fingerprint density at radius 1 is 1.07 bits per heavy atom. The zero-order valence-electron chi connectivity index (χ0n) is 18.2. The number of benzene rings is 2. The van der Waals surface area contributed by atoms with Crippen LogP contribution in [0.15, 0.2) is 54.6 Å². The minimum absolute atomic E-state index is 0.00127. The number of hydrogen-bond acceptors (Lipinski definition) is 2. The first kappa shape index (κ1) is 22.1. The summed E-state index contributed by atoms with van der Waals surface area (Å²) in [6.45, 7) is 6.26. The van der Waals surface area contributed by atoms with E-state index >= 15 is 0 Å². The van der Waals surface area contributed by atoms with Crippen LogP contribution in [0.25, 0.3) is 0 Å². The molecule has 158 valence electrons. The van der Waals surface area contributed by atoms with Crippen molar-refractivity contribution < 1.29 is 4.79 Å². The van der Waals surface area contributed by atoms with E-state index in [1.165, 1.54) is 37.9 Å². The Balaban J connectivity index is 1.35. The largest absolute Gasteiger partial charge is 0.352 e. The van der Waals surface area contributed by atoms with E-state index in [4.69, 9.17) is 0 Å². The highest BCUT2D eigenvalue weighted by Gasteiger charge is 2.18. The third kappa shape index (κ3) is 7.35. The minimum atomic E-state index is -0.00127. The van der Waals surface area contributed by atoms with E-state index in [-0.39, 0.29) is 5.91 Å². The van der Waals surface area contributed by atoms with E-state index in [2.05, 4.69) is 59.3 Å². The van der Waals surface area contributed by atoms with Gasteiger partial charge in [0.05, 0.1) is 0 Å². The molecule has 3 heteroatoms. The van der Waals surface area contributed by atoms with Gasteiger partial charge in [-0.05, 0) is 74.5 Å². The molecule has 0 bridgehead atoms. The van der Waals surface area contributed by atoms with Crippen molar-refractivity contribution in [2.45, 2.75) is 45.4 Å². The molecular formula is C27H34N2O. The number of carbonyl (C=O) groups is 1. The van der Waals surface area contributed by atoms with Crippen LogP contribution in [0.5, 0.6) is 0 Å². The summed E-state index contributed by atoms with van der Waals surface area (Å²) in [5.74, 6) is 7.35. The summed E-state index contributed by atoms with van der Waals surface area (Å²) in [6, 6.07) is 18.5. The van der Waals surface area contributed by atoms with Gasteiger partial charge >= 0.3 is 0 Å². The maximum absolute atomic E-state index is 12.0. The molecule has 1 aliphatic heterocycles. The summed E-state index contributed by atoms with van der Waals surface area (Å²) in [5.41, 5.74) is 3.14. The zero-order chi connectivity index (χ0) is 21.0. The second-order valence-corrected chi connectivity index (χ2v) is 8.21. The molecule has 1 fully saturated rings. The monoisotopic (exact) mass is 402 g/mol. The molecule has 0 atom stereocenters. The first-order valence-corrected chi connectivity index (χ1v) is 11.4. The Morgan fingerprint density at radius 2 is 1.80 bits per heavy atom. The number of nitrogens with zero attached hydrogens (tertiary/aromatic N) is 1. The van der Waals surface area contributed by atoms with Crippen molar-refractivity contribution in [2.75, 3.05) is 26.2 Å². The molecule has 0 aliphatic carbocycles. The van der Waals surface area contributed by atoms with Gasteiger partial charge in [-0.25, -0.2) is 0 Å². The molecule has 1 saturated heterocycles. The topological polar surface area (TPSA) is 32.3 Å². The number of hydrogen-bond donors (Lipinski definition) is 1. The van der Waals surface area contributed by atoms with Crippen molar-refractivity contribution in [3.63, 3.8) is 0 Å². The summed E-state index contributed by atoms with van der Waals surface area (Å²) in [5, 5.41) is 2.94. The van der Waals surface area contributed by atoms with Crippen molar-refractivity contribution in [1.29, 1.82) is 0 Å². The van der Waals surface area contributed by atoms with Gasteiger partial charge in [0.1, 0.15) is 0 Å². The summed E-state index contributed by atoms with van der Waals surface area (Å²) in [6.07, 6.45) is 6.76. The Kier molecular flexibility index (Phi) is 9.00. The van der Waals surface area contributed by atoms with E-state index in [1.54, 1.807) is 0 Å². The minimum Gasteiger partial charge on any atom is -0.352 e. The molecule has 2 aromatic carbocycles. The van der Waals surface area contributed by atoms with Crippen molar-refractivity contribution >= 4 is 5.91 Å². The SMILES string of the molecule is CCCCNC(=O)c1ccc(C#CCCN2CCC(Cc3ccccc3)CC2)cc1. The number of unbranched alkanes of at least 4 members (excludes halogenated alkanes) is 1. The molecule has 1 heterocycles. The van der Waals surface area contributed by atoms with Crippen LogP contribution < -0.4 is 5.32 Å². The van der Waals surface area contributed by atoms with Crippen molar-refractivity contribution in [1.82, 2.24) is 10.2 Å². The lowest BCUT2D eigenvalue weighted by Crippen LogP contribution is -2.34. The summed E-state index contributed by atoms with van der Waals surface area (Å²) in [4.78, 5) is 14.6. The summed E-state index contributed by atoms with van der Waals surface area (Å²) in [7, 11) is 0. The molecular weight excluding hydrogens is 368 g/mol. The van der Waals surface area contributed by atoms with Gasteiger partial charge in [-0.15, -0.1) is 0 Å². The standard InChI is InChI=1S/C27H34N2O/c1-2-3-18-28-27(30)26-14-12-23(13-15-26)9-7-8-19-29-20-16-25(17-21-29)22-24-10-5-4-6-11-24/h4-6,10-15,25H,2-3,8,16-22H2,1H3,(H,28,30). The van der Waals surface area contributed by atoms with Gasteiger partial charge in [-0.2, -0.15) is 0 Å². The molecule has 1 aliphatic rings. The predicted molar refractivity (Wildman–Crippen MR) is 124 cm³/mol. The van der Waals surface area contributed by atoms with Gasteiger partial charge in [-0.1, -0.05) is 55.5 Å². The maximum Gasteiger partial charge on any atom is 0.251 e. The van der Waals surface area contributed by atoms with Gasteiger partial charge in [0, 0.05) is 30.6 Å². The van der Waals surface area contributed by atoms with Gasteiger partial charge < -0.3 is 10.2 Å². The highest BCUT2D eigenvalue weighted by molar-refractivity contribution is 5.94. The first-order chi connectivity index (χ1) is 14.7. The quantitative estimate of drug-likeness (QED) is 0.502. The third-order valence-electron chi connectivity index (χ3n) is 5.82. The normalized spacial score (nSPS) is 14.7. The molecule has 0 radical (unpaired) electrons. The van der Waals surface area contributed by atoms with Crippen LogP contribution >= 0.6 is 0 Å². The van der Waals surface area contributed by atoms with Crippen LogP contribution in [0.1, 0.15) is 60.5 Å². The fourth-order valence-corrected chi connectivity index (χ4v) is 3.93. The van der Waals surface area contributed by atoms with Crippen LogP contribution in [-0.2, 0) is 6.42 Å². The lowest BCUT2D eigenvalue weighted by molar-refractivity contribution is 0.0953. The summed E-state index contributed by atoms with van der Waals surface area (Å²) >= 11 is 0. The van der Waals surface area contributed by atoms with Crippen LogP contribution in [0, 0.1) is 17.8 Å². The summed E-state index contributed by atoms with van der Waals surface area (Å²) < 4.78 is 0. The number of rotatable bonds is 8. The molecule has 0 spiro atoms. The van der Waals surface area contributed by atoms with Gasteiger partial charge in [0.2, 0.25) is 0 Å². The smallest absolute Gasteiger partial charge is 0.251 e. The van der Waals surface area contributed by atoms with Crippen molar-refractivity contribution in [3.8, 4) is 11.8 Å². The van der Waals surface area contributed by atoms with E-state index in [0.717, 1.165) is 43.8 Å². The number of carbonyl (C=O) groups excluding carboxylic acids is 1. The highest BCUT2D eigenvalue weighted by Crippen LogP contribution is 2.21. The molecule has 1 amide bonds. The third-order valence-corrected chi connectivity index (χ3v) is 5.82. The fraction of sp³-hybridized carbons (Fsp3) is 0.444. The number of amides is 1. The molecule has 0 aromatic heterocycles. The zero-order valence-corrected chi connectivity index (χ0v) is 18.2. The van der Waals surface area contributed by atoms with E-state index < -0.39 is 0 Å². The molecule has 2 aromatic rings. The van der Waals surface area contributed by atoms with Gasteiger partial charge in [0.15, 0.2) is 0 Å². The molecule has 3 nitrogen and oxygen atoms in total. The lowest BCUT2D eigenvalue weighted by atomic mass is 9.90. The average Bonchev–Trinajstić information content (AvgIpc) is 2.79. The number of likely N-dealkylation sites (tertiary alicyclic amines) is 1. The predicted octanol–water partition coefficient (Wildman–Crippen LogP) is 4.91. The number of nitrogens with one attached hydrogen (secondary N) is 1. The van der Waals surface area contributed by atoms with Crippen molar-refractivity contribution in [3.05, 3.63) is 71.3 Å². The van der Waals surface area contributed by atoms with E-state index in [1.807, 2.05) is 24.3 Å². The van der Waals surface area contributed by atoms with E-state index in [9.17, 15) is 4.79 Å². The lowest BCUT2D eigenvalue weighted by Gasteiger charge is -2.31. The molecule has 30 heavy (non-hydrogen) atoms. The first-order valence-electron chi connectivity index (χ1n) is 11.4. The fourth-order valence-electron chi connectivity index (χ4n) is 3.93. The molecule has 0 unspecified atom stereocenters. The number of piperidine rings is 1. The molecule has 3 rings (SSSR count). The van der Waals surface area contributed by atoms with Crippen LogP contribution in [0.2, 0.25) is 0 Å². The Labute approximate surface area is 181 Å². The molecule has 1 N–H and O–H groups in total. The van der Waals surface area contributed by atoms with Crippen LogP contribution in [0.4, 0.5) is 0 Å². The Bertz CT molecular complexity index is 825. The second-order valence-electron chi connectivity index (χ2n) is 8.21. The van der Waals surface area contributed by atoms with Crippen molar-refractivity contribution in [2.24, 2.45) is 5.92 Å². The Morgan fingerprint density at radius 3 is 2.50 bits per heavy atom.